The van der Waals surface area contributed by atoms with Gasteiger partial charge in [0.05, 0.1) is 12.7 Å². The smallest absolute Gasteiger partial charge is 0.335 e. The monoisotopic (exact) mass is 251 g/mol. The number of phenolic OH excluding ortho intramolecular Hbond substituents is 1. The number of methoxy groups -OCH3 is 1. The topological polar surface area (TPSA) is 78.8 Å². The SMILES string of the molecule is COc1cc(C(=O)O)cc(C2CCCNC2)c1O. The lowest BCUT2D eigenvalue weighted by molar-refractivity contribution is 0.0696. The van der Waals surface area contributed by atoms with E-state index in [2.05, 4.69) is 5.32 Å². The van der Waals surface area contributed by atoms with Gasteiger partial charge in [0.1, 0.15) is 0 Å². The molecule has 1 aliphatic rings. The minimum atomic E-state index is -1.02. The van der Waals surface area contributed by atoms with Gasteiger partial charge in [-0.3, -0.25) is 0 Å². The molecule has 5 heteroatoms. The Labute approximate surface area is 105 Å². The molecule has 1 aromatic rings. The molecule has 0 aromatic heterocycles. The van der Waals surface area contributed by atoms with Gasteiger partial charge < -0.3 is 20.3 Å². The number of rotatable bonds is 3. The third kappa shape index (κ3) is 2.41. The first kappa shape index (κ1) is 12.7. The number of carboxylic acid groups (broad SMARTS) is 1. The van der Waals surface area contributed by atoms with Crippen molar-refractivity contribution in [2.75, 3.05) is 20.2 Å². The van der Waals surface area contributed by atoms with Crippen molar-refractivity contribution in [2.24, 2.45) is 0 Å². The van der Waals surface area contributed by atoms with Gasteiger partial charge in [0.25, 0.3) is 0 Å². The number of nitrogens with one attached hydrogen (secondary N) is 1. The maximum atomic E-state index is 11.1. The molecule has 98 valence electrons. The minimum Gasteiger partial charge on any atom is -0.504 e. The van der Waals surface area contributed by atoms with Gasteiger partial charge in [-0.2, -0.15) is 0 Å². The molecule has 0 bridgehead atoms. The van der Waals surface area contributed by atoms with E-state index in [4.69, 9.17) is 9.84 Å². The van der Waals surface area contributed by atoms with Crippen LogP contribution in [0.1, 0.15) is 34.7 Å². The van der Waals surface area contributed by atoms with E-state index in [0.717, 1.165) is 25.9 Å². The van der Waals surface area contributed by atoms with E-state index in [1.165, 1.54) is 19.2 Å². The van der Waals surface area contributed by atoms with Crippen LogP contribution in [-0.4, -0.2) is 36.4 Å². The number of carboxylic acids is 1. The number of aromatic hydroxyl groups is 1. The second-order valence-corrected chi connectivity index (χ2v) is 4.46. The number of phenols is 1. The lowest BCUT2D eigenvalue weighted by atomic mass is 9.89. The van der Waals surface area contributed by atoms with Crippen LogP contribution in [0.2, 0.25) is 0 Å². The van der Waals surface area contributed by atoms with Crippen molar-refractivity contribution in [3.8, 4) is 11.5 Å². The van der Waals surface area contributed by atoms with Crippen LogP contribution in [0.3, 0.4) is 0 Å². The summed E-state index contributed by atoms with van der Waals surface area (Å²) in [5.74, 6) is -0.614. The largest absolute Gasteiger partial charge is 0.504 e. The lowest BCUT2D eigenvalue weighted by Gasteiger charge is -2.24. The molecule has 5 nitrogen and oxygen atoms in total. The van der Waals surface area contributed by atoms with Crippen LogP contribution in [0.5, 0.6) is 11.5 Å². The fraction of sp³-hybridized carbons (Fsp3) is 0.462. The standard InChI is InChI=1S/C13H17NO4/c1-18-11-6-9(13(16)17)5-10(12(11)15)8-3-2-4-14-7-8/h5-6,8,14-15H,2-4,7H2,1H3,(H,16,17). The highest BCUT2D eigenvalue weighted by molar-refractivity contribution is 5.89. The van der Waals surface area contributed by atoms with Crippen LogP contribution in [0.4, 0.5) is 0 Å². The number of hydrogen-bond donors (Lipinski definition) is 3. The Balaban J connectivity index is 2.43. The van der Waals surface area contributed by atoms with Crippen LogP contribution in [0, 0.1) is 0 Å². The van der Waals surface area contributed by atoms with E-state index < -0.39 is 5.97 Å². The van der Waals surface area contributed by atoms with E-state index in [-0.39, 0.29) is 23.0 Å². The Morgan fingerprint density at radius 1 is 1.50 bits per heavy atom. The maximum Gasteiger partial charge on any atom is 0.335 e. The van der Waals surface area contributed by atoms with Gasteiger partial charge >= 0.3 is 5.97 Å². The van der Waals surface area contributed by atoms with Crippen molar-refractivity contribution in [3.05, 3.63) is 23.3 Å². The summed E-state index contributed by atoms with van der Waals surface area (Å²) in [6.07, 6.45) is 1.95. The second kappa shape index (κ2) is 5.27. The van der Waals surface area contributed by atoms with Gasteiger partial charge in [0.15, 0.2) is 11.5 Å². The Hall–Kier alpha value is -1.75. The van der Waals surface area contributed by atoms with Gasteiger partial charge in [-0.25, -0.2) is 4.79 Å². The zero-order chi connectivity index (χ0) is 13.1. The van der Waals surface area contributed by atoms with Gasteiger partial charge in [0, 0.05) is 18.0 Å². The van der Waals surface area contributed by atoms with Gasteiger partial charge in [-0.1, -0.05) is 0 Å². The Bertz CT molecular complexity index is 453. The highest BCUT2D eigenvalue weighted by Crippen LogP contribution is 2.38. The highest BCUT2D eigenvalue weighted by Gasteiger charge is 2.22. The first-order valence-electron chi connectivity index (χ1n) is 5.98. The Morgan fingerprint density at radius 3 is 2.83 bits per heavy atom. The number of aromatic carboxylic acids is 1. The molecule has 1 unspecified atom stereocenters. The van der Waals surface area contributed by atoms with Crippen LogP contribution >= 0.6 is 0 Å². The molecule has 1 saturated heterocycles. The van der Waals surface area contributed by atoms with Crippen molar-refractivity contribution in [1.82, 2.24) is 5.32 Å². The Morgan fingerprint density at radius 2 is 2.28 bits per heavy atom. The molecule has 0 aliphatic carbocycles. The fourth-order valence-electron chi connectivity index (χ4n) is 2.34. The summed E-state index contributed by atoms with van der Waals surface area (Å²) in [6, 6.07) is 2.88. The van der Waals surface area contributed by atoms with E-state index in [9.17, 15) is 9.90 Å². The molecule has 2 rings (SSSR count). The molecular formula is C13H17NO4. The van der Waals surface area contributed by atoms with Crippen molar-refractivity contribution in [3.63, 3.8) is 0 Å². The first-order valence-corrected chi connectivity index (χ1v) is 5.98. The zero-order valence-corrected chi connectivity index (χ0v) is 10.3. The van der Waals surface area contributed by atoms with Crippen LogP contribution in [-0.2, 0) is 0 Å². The lowest BCUT2D eigenvalue weighted by Crippen LogP contribution is -2.28. The summed E-state index contributed by atoms with van der Waals surface area (Å²) < 4.78 is 5.03. The van der Waals surface area contributed by atoms with E-state index in [1.807, 2.05) is 0 Å². The molecule has 0 spiro atoms. The molecule has 1 atom stereocenters. The van der Waals surface area contributed by atoms with E-state index in [0.29, 0.717) is 5.56 Å². The second-order valence-electron chi connectivity index (χ2n) is 4.46. The van der Waals surface area contributed by atoms with E-state index in [1.54, 1.807) is 0 Å². The molecule has 0 radical (unpaired) electrons. The third-order valence-corrected chi connectivity index (χ3v) is 3.31. The third-order valence-electron chi connectivity index (χ3n) is 3.31. The number of carbonyl (C=O) groups is 1. The zero-order valence-electron chi connectivity index (χ0n) is 10.3. The molecule has 0 saturated carbocycles. The fourth-order valence-corrected chi connectivity index (χ4v) is 2.34. The van der Waals surface area contributed by atoms with Gasteiger partial charge in [-0.15, -0.1) is 0 Å². The number of ether oxygens (including phenoxy) is 1. The van der Waals surface area contributed by atoms with Crippen LogP contribution < -0.4 is 10.1 Å². The summed E-state index contributed by atoms with van der Waals surface area (Å²) in [5, 5.41) is 22.4. The van der Waals surface area contributed by atoms with Gasteiger partial charge in [-0.05, 0) is 31.5 Å². The van der Waals surface area contributed by atoms with Crippen molar-refractivity contribution in [1.29, 1.82) is 0 Å². The number of piperidine rings is 1. The summed E-state index contributed by atoms with van der Waals surface area (Å²) in [5.41, 5.74) is 0.796. The van der Waals surface area contributed by atoms with Gasteiger partial charge in [0.2, 0.25) is 0 Å². The predicted octanol–water partition coefficient (Wildman–Crippen LogP) is 1.57. The first-order chi connectivity index (χ1) is 8.63. The number of hydrogen-bond acceptors (Lipinski definition) is 4. The minimum absolute atomic E-state index is 0.0520. The summed E-state index contributed by atoms with van der Waals surface area (Å²) >= 11 is 0. The van der Waals surface area contributed by atoms with E-state index >= 15 is 0 Å². The average Bonchev–Trinajstić information content (AvgIpc) is 2.39. The average molecular weight is 251 g/mol. The van der Waals surface area contributed by atoms with Crippen LogP contribution in [0.25, 0.3) is 0 Å². The maximum absolute atomic E-state index is 11.1. The van der Waals surface area contributed by atoms with Crippen LogP contribution in [0.15, 0.2) is 12.1 Å². The number of benzene rings is 1. The molecule has 18 heavy (non-hydrogen) atoms. The molecule has 1 heterocycles. The normalized spacial score (nSPS) is 19.5. The molecule has 1 fully saturated rings. The molecule has 3 N–H and O–H groups in total. The summed E-state index contributed by atoms with van der Waals surface area (Å²) in [6.45, 7) is 1.72. The summed E-state index contributed by atoms with van der Waals surface area (Å²) in [7, 11) is 1.42. The quantitative estimate of drug-likeness (QED) is 0.760. The Kier molecular flexibility index (Phi) is 3.72. The molecular weight excluding hydrogens is 234 g/mol. The highest BCUT2D eigenvalue weighted by atomic mass is 16.5. The van der Waals surface area contributed by atoms with Crippen molar-refractivity contribution in [2.45, 2.75) is 18.8 Å². The molecule has 1 aliphatic heterocycles. The predicted molar refractivity (Wildman–Crippen MR) is 66.5 cm³/mol. The molecule has 0 amide bonds. The molecule has 1 aromatic carbocycles. The van der Waals surface area contributed by atoms with Crippen molar-refractivity contribution < 1.29 is 19.7 Å². The van der Waals surface area contributed by atoms with Crippen molar-refractivity contribution >= 4 is 5.97 Å². The summed E-state index contributed by atoms with van der Waals surface area (Å²) in [4.78, 5) is 11.1.